The van der Waals surface area contributed by atoms with Crippen LogP contribution < -0.4 is 4.90 Å². The Morgan fingerprint density at radius 1 is 0.913 bits per heavy atom. The van der Waals surface area contributed by atoms with Crippen LogP contribution in [0.5, 0.6) is 0 Å². The molecule has 2 nitrogen and oxygen atoms in total. The monoisotopic (exact) mass is 327 g/mol. The minimum absolute atomic E-state index is 0.578. The highest BCUT2D eigenvalue weighted by Gasteiger charge is 2.31. The maximum absolute atomic E-state index is 2.52. The fourth-order valence-corrected chi connectivity index (χ4v) is 4.38. The third-order valence-electron chi connectivity index (χ3n) is 5.49. The SMILES string of the molecule is CC[N+](C)(CC)[C@@H](C)CN1c2ccccc2Sc2ccccc21. The average molecular weight is 328 g/mol. The molecule has 1 aliphatic heterocycles. The number of fused-ring (bicyclic) bond motifs is 2. The predicted octanol–water partition coefficient (Wildman–Crippen LogP) is 5.16. The molecule has 0 saturated carbocycles. The summed E-state index contributed by atoms with van der Waals surface area (Å²) >= 11 is 1.89. The van der Waals surface area contributed by atoms with Crippen LogP contribution in [0, 0.1) is 0 Å². The van der Waals surface area contributed by atoms with E-state index in [0.717, 1.165) is 11.0 Å². The topological polar surface area (TPSA) is 3.24 Å². The zero-order valence-electron chi connectivity index (χ0n) is 14.6. The van der Waals surface area contributed by atoms with Gasteiger partial charge in [-0.1, -0.05) is 36.0 Å². The van der Waals surface area contributed by atoms with Crippen LogP contribution in [0.1, 0.15) is 20.8 Å². The number of hydrogen-bond donors (Lipinski definition) is 0. The normalized spacial score (nSPS) is 15.0. The average Bonchev–Trinajstić information content (AvgIpc) is 2.60. The van der Waals surface area contributed by atoms with Crippen molar-refractivity contribution in [1.29, 1.82) is 0 Å². The Labute approximate surface area is 144 Å². The molecule has 1 atom stereocenters. The van der Waals surface area contributed by atoms with Crippen LogP contribution >= 0.6 is 11.8 Å². The van der Waals surface area contributed by atoms with Gasteiger partial charge in [0.05, 0.1) is 38.1 Å². The van der Waals surface area contributed by atoms with Gasteiger partial charge in [-0.2, -0.15) is 0 Å². The van der Waals surface area contributed by atoms with Crippen LogP contribution in [-0.2, 0) is 0 Å². The first-order valence-corrected chi connectivity index (χ1v) is 9.38. The van der Waals surface area contributed by atoms with E-state index >= 15 is 0 Å². The molecule has 0 saturated heterocycles. The molecule has 0 aromatic heterocycles. The molecule has 2 aromatic carbocycles. The first-order chi connectivity index (χ1) is 11.1. The number of anilines is 2. The highest BCUT2D eigenvalue weighted by Crippen LogP contribution is 2.47. The highest BCUT2D eigenvalue weighted by atomic mass is 32.2. The molecule has 0 aliphatic carbocycles. The van der Waals surface area contributed by atoms with E-state index < -0.39 is 0 Å². The van der Waals surface area contributed by atoms with Crippen molar-refractivity contribution < 1.29 is 4.48 Å². The number of nitrogens with zero attached hydrogens (tertiary/aromatic N) is 2. The lowest BCUT2D eigenvalue weighted by Gasteiger charge is -2.42. The summed E-state index contributed by atoms with van der Waals surface area (Å²) in [5.74, 6) is 0. The zero-order chi connectivity index (χ0) is 16.4. The summed E-state index contributed by atoms with van der Waals surface area (Å²) in [6.45, 7) is 10.4. The van der Waals surface area contributed by atoms with Gasteiger partial charge in [0.2, 0.25) is 0 Å². The minimum atomic E-state index is 0.578. The molecule has 0 unspecified atom stereocenters. The molecule has 3 rings (SSSR count). The second kappa shape index (κ2) is 6.58. The number of rotatable bonds is 5. The van der Waals surface area contributed by atoms with E-state index in [0.29, 0.717) is 6.04 Å². The lowest BCUT2D eigenvalue weighted by Crippen LogP contribution is -2.54. The standard InChI is InChI=1S/C20H27N2S/c1-5-22(4,6-2)16(3)15-21-17-11-7-9-13-19(17)23-20-14-10-8-12-18(20)21/h7-14,16H,5-6,15H2,1-4H3/q+1/t16-/m0/s1. The number of para-hydroxylation sites is 2. The summed E-state index contributed by atoms with van der Waals surface area (Å²) in [7, 11) is 2.38. The summed E-state index contributed by atoms with van der Waals surface area (Å²) in [5, 5.41) is 0. The Bertz CT molecular complexity index is 633. The summed E-state index contributed by atoms with van der Waals surface area (Å²) in [6.07, 6.45) is 0. The number of hydrogen-bond acceptors (Lipinski definition) is 2. The van der Waals surface area contributed by atoms with Crippen molar-refractivity contribution in [2.45, 2.75) is 36.6 Å². The first kappa shape index (κ1) is 16.4. The summed E-state index contributed by atoms with van der Waals surface area (Å²) < 4.78 is 1.11. The smallest absolute Gasteiger partial charge is 0.104 e. The van der Waals surface area contributed by atoms with Gasteiger partial charge in [0.1, 0.15) is 6.04 Å². The Balaban J connectivity index is 1.98. The Kier molecular flexibility index (Phi) is 4.69. The number of likely N-dealkylation sites (N-methyl/N-ethyl adjacent to an activating group) is 1. The first-order valence-electron chi connectivity index (χ1n) is 8.56. The van der Waals surface area contributed by atoms with Crippen LogP contribution in [0.15, 0.2) is 58.3 Å². The molecule has 0 radical (unpaired) electrons. The fraction of sp³-hybridized carbons (Fsp3) is 0.400. The van der Waals surface area contributed by atoms with Gasteiger partial charge >= 0.3 is 0 Å². The van der Waals surface area contributed by atoms with Crippen LogP contribution in [0.2, 0.25) is 0 Å². The quantitative estimate of drug-likeness (QED) is 0.698. The second-order valence-corrected chi connectivity index (χ2v) is 7.69. The van der Waals surface area contributed by atoms with Gasteiger partial charge in [-0.15, -0.1) is 0 Å². The van der Waals surface area contributed by atoms with E-state index in [1.807, 2.05) is 11.8 Å². The van der Waals surface area contributed by atoms with Gasteiger partial charge < -0.3 is 9.38 Å². The minimum Gasteiger partial charge on any atom is -0.334 e. The molecule has 1 heterocycles. The van der Waals surface area contributed by atoms with Crippen molar-refractivity contribution in [2.75, 3.05) is 31.6 Å². The fourth-order valence-electron chi connectivity index (χ4n) is 3.29. The van der Waals surface area contributed by atoms with Crippen LogP contribution in [0.25, 0.3) is 0 Å². The third kappa shape index (κ3) is 3.00. The molecule has 2 aromatic rings. The molecule has 0 amide bonds. The Hall–Kier alpha value is -1.45. The molecule has 0 fully saturated rings. The van der Waals surface area contributed by atoms with Crippen LogP contribution in [0.4, 0.5) is 11.4 Å². The molecule has 3 heteroatoms. The summed E-state index contributed by atoms with van der Waals surface area (Å²) in [4.78, 5) is 5.24. The Morgan fingerprint density at radius 2 is 1.39 bits per heavy atom. The van der Waals surface area contributed by atoms with Crippen molar-refractivity contribution in [3.8, 4) is 0 Å². The zero-order valence-corrected chi connectivity index (χ0v) is 15.4. The van der Waals surface area contributed by atoms with Gasteiger partial charge in [-0.25, -0.2) is 0 Å². The maximum atomic E-state index is 2.52. The Morgan fingerprint density at radius 3 is 1.87 bits per heavy atom. The number of quaternary nitrogens is 1. The molecular formula is C20H27N2S+. The molecule has 0 N–H and O–H groups in total. The second-order valence-electron chi connectivity index (χ2n) is 6.61. The van der Waals surface area contributed by atoms with Gasteiger partial charge in [-0.05, 0) is 45.0 Å². The maximum Gasteiger partial charge on any atom is 0.104 e. The summed E-state index contributed by atoms with van der Waals surface area (Å²) in [5.41, 5.74) is 2.70. The van der Waals surface area contributed by atoms with E-state index in [4.69, 9.17) is 0 Å². The van der Waals surface area contributed by atoms with Crippen molar-refractivity contribution >= 4 is 23.1 Å². The molecule has 122 valence electrons. The van der Waals surface area contributed by atoms with Gasteiger partial charge in [-0.3, -0.25) is 0 Å². The lowest BCUT2D eigenvalue weighted by molar-refractivity contribution is -0.926. The van der Waals surface area contributed by atoms with Crippen molar-refractivity contribution in [3.05, 3.63) is 48.5 Å². The summed E-state index contributed by atoms with van der Waals surface area (Å²) in [6, 6.07) is 18.1. The molecule has 0 spiro atoms. The predicted molar refractivity (Wildman–Crippen MR) is 101 cm³/mol. The largest absolute Gasteiger partial charge is 0.334 e. The van der Waals surface area contributed by atoms with Crippen LogP contribution in [0.3, 0.4) is 0 Å². The molecule has 1 aliphatic rings. The van der Waals surface area contributed by atoms with Crippen molar-refractivity contribution in [1.82, 2.24) is 0 Å². The van der Waals surface area contributed by atoms with E-state index in [1.54, 1.807) is 0 Å². The van der Waals surface area contributed by atoms with Crippen LogP contribution in [-0.4, -0.2) is 37.2 Å². The van der Waals surface area contributed by atoms with Gasteiger partial charge in [0.15, 0.2) is 0 Å². The number of benzene rings is 2. The van der Waals surface area contributed by atoms with E-state index in [2.05, 4.69) is 81.2 Å². The highest BCUT2D eigenvalue weighted by molar-refractivity contribution is 7.99. The van der Waals surface area contributed by atoms with Crippen molar-refractivity contribution in [2.24, 2.45) is 0 Å². The van der Waals surface area contributed by atoms with Gasteiger partial charge in [0.25, 0.3) is 0 Å². The van der Waals surface area contributed by atoms with Crippen molar-refractivity contribution in [3.63, 3.8) is 0 Å². The third-order valence-corrected chi connectivity index (χ3v) is 6.62. The lowest BCUT2D eigenvalue weighted by atomic mass is 10.1. The van der Waals surface area contributed by atoms with Gasteiger partial charge in [0, 0.05) is 9.79 Å². The van der Waals surface area contributed by atoms with E-state index in [-0.39, 0.29) is 0 Å². The molecular weight excluding hydrogens is 300 g/mol. The van der Waals surface area contributed by atoms with E-state index in [1.165, 1.54) is 34.3 Å². The molecule has 0 bridgehead atoms. The van der Waals surface area contributed by atoms with E-state index in [9.17, 15) is 0 Å². The molecule has 23 heavy (non-hydrogen) atoms.